The number of halogens is 2. The van der Waals surface area contributed by atoms with Gasteiger partial charge in [-0.2, -0.15) is 0 Å². The number of carbonyl (C=O) groups is 3. The van der Waals surface area contributed by atoms with Crippen molar-refractivity contribution in [1.29, 1.82) is 0 Å². The molecule has 47 heavy (non-hydrogen) atoms. The summed E-state index contributed by atoms with van der Waals surface area (Å²) < 4.78 is 24.7. The van der Waals surface area contributed by atoms with Gasteiger partial charge in [0.05, 0.1) is 29.7 Å². The van der Waals surface area contributed by atoms with Gasteiger partial charge in [-0.05, 0) is 90.4 Å². The minimum absolute atomic E-state index is 0.00470. The molecule has 4 aromatic rings. The molecule has 0 radical (unpaired) electrons. The number of aromatic amines is 1. The summed E-state index contributed by atoms with van der Waals surface area (Å²) in [6, 6.07) is 17.7. The summed E-state index contributed by atoms with van der Waals surface area (Å²) in [6.45, 7) is -0.297. The van der Waals surface area contributed by atoms with Crippen LogP contribution in [0.5, 0.6) is 11.5 Å². The number of hydrogen-bond acceptors (Lipinski definition) is 8. The highest BCUT2D eigenvalue weighted by Gasteiger charge is 2.69. The van der Waals surface area contributed by atoms with E-state index in [0.717, 1.165) is 21.9 Å². The second-order valence-electron chi connectivity index (χ2n) is 12.2. The summed E-state index contributed by atoms with van der Waals surface area (Å²) in [5, 5.41) is 4.03. The highest BCUT2D eigenvalue weighted by Crippen LogP contribution is 2.68. The molecule has 3 aromatic carbocycles. The number of nitrogens with zero attached hydrogens (tertiary/aromatic N) is 1. The number of ether oxygens (including phenoxy) is 2. The van der Waals surface area contributed by atoms with E-state index >= 15 is 0 Å². The number of imide groups is 1. The lowest BCUT2D eigenvalue weighted by atomic mass is 9.68. The molecule has 0 unspecified atom stereocenters. The van der Waals surface area contributed by atoms with Gasteiger partial charge in [0.15, 0.2) is 18.1 Å². The fourth-order valence-corrected chi connectivity index (χ4v) is 11.1. The predicted molar refractivity (Wildman–Crippen MR) is 176 cm³/mol. The molecule has 2 aliphatic heterocycles. The molecule has 3 amide bonds. The van der Waals surface area contributed by atoms with Gasteiger partial charge in [-0.25, -0.2) is 4.39 Å². The molecule has 1 saturated heterocycles. The highest BCUT2D eigenvalue weighted by atomic mass is 35.5. The number of hydrogen-bond donors (Lipinski definition) is 2. The zero-order chi connectivity index (χ0) is 32.6. The van der Waals surface area contributed by atoms with E-state index in [9.17, 15) is 23.6 Å². The van der Waals surface area contributed by atoms with Crippen LogP contribution in [0.4, 0.5) is 15.8 Å². The van der Waals surface area contributed by atoms with Crippen molar-refractivity contribution in [3.8, 4) is 11.5 Å². The van der Waals surface area contributed by atoms with Gasteiger partial charge in [-0.1, -0.05) is 29.0 Å². The summed E-state index contributed by atoms with van der Waals surface area (Å²) in [4.78, 5) is 58.1. The number of aromatic nitrogens is 1. The zero-order valence-electron chi connectivity index (χ0n) is 24.8. The second kappa shape index (κ2) is 11.5. The third-order valence-electron chi connectivity index (χ3n) is 9.84. The molecule has 2 N–H and O–H groups in total. The van der Waals surface area contributed by atoms with E-state index < -0.39 is 23.6 Å². The van der Waals surface area contributed by atoms with Crippen molar-refractivity contribution < 1.29 is 28.2 Å². The number of thioether (sulfide) groups is 1. The van der Waals surface area contributed by atoms with Gasteiger partial charge in [-0.3, -0.25) is 24.1 Å². The van der Waals surface area contributed by atoms with E-state index in [1.807, 2.05) is 12.1 Å². The monoisotopic (exact) mass is 691 g/mol. The van der Waals surface area contributed by atoms with Crippen LogP contribution in [-0.4, -0.2) is 41.7 Å². The number of methoxy groups -OCH3 is 1. The first-order chi connectivity index (χ1) is 22.7. The molecule has 3 fully saturated rings. The molecule has 13 heteroatoms. The molecule has 240 valence electrons. The van der Waals surface area contributed by atoms with Crippen molar-refractivity contribution in [1.82, 2.24) is 4.98 Å². The number of carbonyl (C=O) groups excluding carboxylic acids is 3. The van der Waals surface area contributed by atoms with Crippen LogP contribution in [0.2, 0.25) is 5.02 Å². The Balaban J connectivity index is 1.09. The average Bonchev–Trinajstić information content (AvgIpc) is 3.80. The molecular weight excluding hydrogens is 665 g/mol. The standard InChI is InChI=1S/C34H27ClFN3O6S2/c1-44-23-12-15(2-11-22(23)45-14-24(40)37-18-7-5-17(36)6-8-18)25-26-20-13-21(29(26)46-31-30(25)47-34(43)38-31)28-27(20)32(41)39(33(28)42)19-9-3-16(35)4-10-19/h2-12,20-21,25-29H,13-14H2,1H3,(H,37,40)(H,38,43)/t20-,21-,25+,26-,27+,28+,29-/m1/s1. The molecule has 4 aliphatic rings. The third-order valence-corrected chi connectivity index (χ3v) is 12.7. The smallest absolute Gasteiger partial charge is 0.305 e. The average molecular weight is 692 g/mol. The van der Waals surface area contributed by atoms with Gasteiger partial charge in [0.1, 0.15) is 5.82 Å². The Kier molecular flexibility index (Phi) is 7.42. The molecule has 9 nitrogen and oxygen atoms in total. The maximum atomic E-state index is 14.0. The molecule has 0 spiro atoms. The molecule has 3 heterocycles. The van der Waals surface area contributed by atoms with Crippen LogP contribution in [0, 0.1) is 35.4 Å². The van der Waals surface area contributed by atoms with Crippen molar-refractivity contribution in [2.24, 2.45) is 29.6 Å². The lowest BCUT2D eigenvalue weighted by Crippen LogP contribution is -2.42. The Morgan fingerprint density at radius 3 is 2.45 bits per heavy atom. The van der Waals surface area contributed by atoms with Crippen molar-refractivity contribution in [3.63, 3.8) is 0 Å². The van der Waals surface area contributed by atoms with Gasteiger partial charge < -0.3 is 19.8 Å². The Morgan fingerprint density at radius 2 is 1.72 bits per heavy atom. The highest BCUT2D eigenvalue weighted by molar-refractivity contribution is 8.00. The van der Waals surface area contributed by atoms with E-state index in [4.69, 9.17) is 21.1 Å². The van der Waals surface area contributed by atoms with Gasteiger partial charge in [0.25, 0.3) is 5.91 Å². The Labute approximate surface area is 281 Å². The second-order valence-corrected chi connectivity index (χ2v) is 14.8. The SMILES string of the molecule is COc1cc([C@@H]2c3sc(=O)[nH]c3S[C@@H]3[C@@H]4C[C@@H]([C@@H]5C(=O)N(c6ccc(Cl)cc6)C(=O)[C@@H]45)[C@H]23)ccc1OCC(=O)Nc1ccc(F)cc1. The van der Waals surface area contributed by atoms with Crippen LogP contribution in [-0.2, 0) is 14.4 Å². The molecule has 7 atom stereocenters. The van der Waals surface area contributed by atoms with Crippen LogP contribution >= 0.6 is 34.7 Å². The van der Waals surface area contributed by atoms with Crippen LogP contribution in [0.15, 0.2) is 76.6 Å². The fraction of sp³-hybridized carbons (Fsp3) is 0.294. The molecule has 1 aromatic heterocycles. The van der Waals surface area contributed by atoms with E-state index in [1.165, 1.54) is 47.6 Å². The Hall–Kier alpha value is -4.13. The van der Waals surface area contributed by atoms with Gasteiger partial charge >= 0.3 is 4.87 Å². The molecule has 2 saturated carbocycles. The Bertz CT molecular complexity index is 1980. The van der Waals surface area contributed by atoms with Crippen LogP contribution < -0.4 is 24.6 Å². The van der Waals surface area contributed by atoms with E-state index in [0.29, 0.717) is 27.9 Å². The molecule has 2 aliphatic carbocycles. The number of amides is 3. The summed E-state index contributed by atoms with van der Waals surface area (Å²) in [7, 11) is 1.51. The first-order valence-electron chi connectivity index (χ1n) is 15.1. The summed E-state index contributed by atoms with van der Waals surface area (Å²) in [5.74, 6) is -1.51. The molecule has 2 bridgehead atoms. The quantitative estimate of drug-likeness (QED) is 0.231. The van der Waals surface area contributed by atoms with Crippen LogP contribution in [0.3, 0.4) is 0 Å². The van der Waals surface area contributed by atoms with E-state index in [1.54, 1.807) is 42.1 Å². The third kappa shape index (κ3) is 4.96. The summed E-state index contributed by atoms with van der Waals surface area (Å²) in [5.41, 5.74) is 1.87. The first-order valence-corrected chi connectivity index (χ1v) is 17.2. The number of fused-ring (bicyclic) bond motifs is 9. The predicted octanol–water partition coefficient (Wildman–Crippen LogP) is 5.93. The maximum Gasteiger partial charge on any atom is 0.305 e. The minimum Gasteiger partial charge on any atom is -0.493 e. The lowest BCUT2D eigenvalue weighted by Gasteiger charge is -2.43. The molecule has 8 rings (SSSR count). The number of anilines is 2. The summed E-state index contributed by atoms with van der Waals surface area (Å²) >= 11 is 8.88. The fourth-order valence-electron chi connectivity index (χ4n) is 8.11. The topological polar surface area (TPSA) is 118 Å². The Morgan fingerprint density at radius 1 is 1.00 bits per heavy atom. The van der Waals surface area contributed by atoms with Gasteiger partial charge in [-0.15, -0.1) is 11.8 Å². The largest absolute Gasteiger partial charge is 0.493 e. The lowest BCUT2D eigenvalue weighted by molar-refractivity contribution is -0.123. The van der Waals surface area contributed by atoms with Crippen molar-refractivity contribution in [2.45, 2.75) is 22.6 Å². The first kappa shape index (κ1) is 30.2. The van der Waals surface area contributed by atoms with Crippen LogP contribution in [0.1, 0.15) is 22.8 Å². The zero-order valence-corrected chi connectivity index (χ0v) is 27.2. The van der Waals surface area contributed by atoms with Crippen molar-refractivity contribution >= 4 is 63.8 Å². The summed E-state index contributed by atoms with van der Waals surface area (Å²) in [6.07, 6.45) is 0.765. The van der Waals surface area contributed by atoms with Crippen molar-refractivity contribution in [3.05, 3.63) is 97.7 Å². The maximum absolute atomic E-state index is 14.0. The number of thiazole rings is 1. The number of benzene rings is 3. The van der Waals surface area contributed by atoms with Gasteiger partial charge in [0.2, 0.25) is 11.8 Å². The van der Waals surface area contributed by atoms with E-state index in [-0.39, 0.29) is 52.2 Å². The number of rotatable bonds is 7. The minimum atomic E-state index is -0.436. The number of nitrogens with one attached hydrogen (secondary N) is 2. The van der Waals surface area contributed by atoms with Gasteiger partial charge in [0, 0.05) is 26.8 Å². The number of H-pyrrole nitrogens is 1. The molecular formula is C34H27ClFN3O6S2. The van der Waals surface area contributed by atoms with E-state index in [2.05, 4.69) is 10.3 Å². The van der Waals surface area contributed by atoms with Crippen LogP contribution in [0.25, 0.3) is 0 Å². The van der Waals surface area contributed by atoms with Crippen molar-refractivity contribution in [2.75, 3.05) is 23.9 Å². The normalized spacial score (nSPS) is 27.0.